The molecule has 0 saturated heterocycles. The number of carbonyl (C=O) groups excluding carboxylic acids is 1. The summed E-state index contributed by atoms with van der Waals surface area (Å²) < 4.78 is 2.36. The molecule has 0 aliphatic carbocycles. The van der Waals surface area contributed by atoms with Crippen LogP contribution in [0.2, 0.25) is 0 Å². The second-order valence-corrected chi connectivity index (χ2v) is 8.80. The normalized spacial score (nSPS) is 11.3. The van der Waals surface area contributed by atoms with Gasteiger partial charge in [0.15, 0.2) is 5.16 Å². The smallest absolute Gasteiger partial charge is 0.272 e. The summed E-state index contributed by atoms with van der Waals surface area (Å²) in [6.07, 6.45) is 0. The van der Waals surface area contributed by atoms with Crippen LogP contribution in [0, 0.1) is 19.8 Å². The molecule has 2 aromatic heterocycles. The third kappa shape index (κ3) is 4.42. The number of anilines is 1. The van der Waals surface area contributed by atoms with E-state index in [4.69, 9.17) is 0 Å². The quantitative estimate of drug-likeness (QED) is 0.489. The highest BCUT2D eigenvalue weighted by molar-refractivity contribution is 7.99. The molecule has 27 heavy (non-hydrogen) atoms. The molecule has 2 heterocycles. The second kappa shape index (κ2) is 8.27. The molecule has 0 spiro atoms. The molecule has 142 valence electrons. The highest BCUT2D eigenvalue weighted by atomic mass is 32.2. The largest absolute Gasteiger partial charge is 0.325 e. The van der Waals surface area contributed by atoms with Crippen molar-refractivity contribution in [2.45, 2.75) is 39.4 Å². The van der Waals surface area contributed by atoms with E-state index in [2.05, 4.69) is 24.1 Å². The maximum atomic E-state index is 12.8. The van der Waals surface area contributed by atoms with E-state index in [0.717, 1.165) is 16.8 Å². The van der Waals surface area contributed by atoms with Crippen molar-refractivity contribution in [2.75, 3.05) is 11.1 Å². The van der Waals surface area contributed by atoms with Crippen LogP contribution in [0.3, 0.4) is 0 Å². The van der Waals surface area contributed by atoms with Gasteiger partial charge in [-0.1, -0.05) is 43.8 Å². The fraction of sp³-hybridized carbons (Fsp3) is 0.350. The Morgan fingerprint density at radius 1 is 1.26 bits per heavy atom. The van der Waals surface area contributed by atoms with Gasteiger partial charge in [-0.3, -0.25) is 14.2 Å². The van der Waals surface area contributed by atoms with E-state index in [0.29, 0.717) is 27.8 Å². The lowest BCUT2D eigenvalue weighted by atomic mass is 10.1. The van der Waals surface area contributed by atoms with Crippen molar-refractivity contribution in [3.05, 3.63) is 51.1 Å². The minimum absolute atomic E-state index is 0.0265. The summed E-state index contributed by atoms with van der Waals surface area (Å²) in [6.45, 7) is 8.66. The molecule has 0 atom stereocenters. The highest BCUT2D eigenvalue weighted by Gasteiger charge is 2.15. The number of thioether (sulfide) groups is 1. The summed E-state index contributed by atoms with van der Waals surface area (Å²) >= 11 is 2.71. The molecular weight excluding hydrogens is 378 g/mol. The Bertz CT molecular complexity index is 1020. The number of hydrogen-bond donors (Lipinski definition) is 1. The second-order valence-electron chi connectivity index (χ2n) is 6.94. The van der Waals surface area contributed by atoms with Crippen LogP contribution in [0.5, 0.6) is 0 Å². The fourth-order valence-electron chi connectivity index (χ4n) is 2.88. The van der Waals surface area contributed by atoms with Crippen LogP contribution in [0.1, 0.15) is 25.0 Å². The minimum atomic E-state index is -0.104. The molecule has 5 nitrogen and oxygen atoms in total. The Morgan fingerprint density at radius 2 is 1.96 bits per heavy atom. The van der Waals surface area contributed by atoms with Crippen molar-refractivity contribution < 1.29 is 4.79 Å². The van der Waals surface area contributed by atoms with Crippen LogP contribution in [0.4, 0.5) is 5.69 Å². The molecule has 0 unspecified atom stereocenters. The van der Waals surface area contributed by atoms with Gasteiger partial charge in [0.05, 0.1) is 11.3 Å². The molecule has 1 N–H and O–H groups in total. The van der Waals surface area contributed by atoms with Gasteiger partial charge in [-0.25, -0.2) is 4.98 Å². The summed E-state index contributed by atoms with van der Waals surface area (Å²) in [6, 6.07) is 7.77. The van der Waals surface area contributed by atoms with E-state index in [9.17, 15) is 9.59 Å². The predicted octanol–water partition coefficient (Wildman–Crippen LogP) is 4.46. The maximum absolute atomic E-state index is 12.8. The highest BCUT2D eigenvalue weighted by Crippen LogP contribution is 2.23. The molecule has 0 bridgehead atoms. The first-order chi connectivity index (χ1) is 12.9. The minimum Gasteiger partial charge on any atom is -0.325 e. The van der Waals surface area contributed by atoms with E-state index in [1.165, 1.54) is 23.1 Å². The molecule has 3 aromatic rings. The van der Waals surface area contributed by atoms with Gasteiger partial charge >= 0.3 is 0 Å². The molecule has 7 heteroatoms. The van der Waals surface area contributed by atoms with Crippen molar-refractivity contribution in [1.29, 1.82) is 0 Å². The van der Waals surface area contributed by atoms with Crippen molar-refractivity contribution in [2.24, 2.45) is 5.92 Å². The Morgan fingerprint density at radius 3 is 2.63 bits per heavy atom. The topological polar surface area (TPSA) is 64.0 Å². The van der Waals surface area contributed by atoms with Gasteiger partial charge in [0, 0.05) is 12.2 Å². The zero-order chi connectivity index (χ0) is 19.6. The monoisotopic (exact) mass is 401 g/mol. The number of nitrogens with zero attached hydrogens (tertiary/aromatic N) is 2. The van der Waals surface area contributed by atoms with E-state index >= 15 is 0 Å². The van der Waals surface area contributed by atoms with Crippen molar-refractivity contribution in [3.63, 3.8) is 0 Å². The number of aryl methyl sites for hydroxylation is 2. The van der Waals surface area contributed by atoms with E-state index < -0.39 is 0 Å². The number of nitrogens with one attached hydrogen (secondary N) is 1. The average Bonchev–Trinajstić information content (AvgIpc) is 3.07. The van der Waals surface area contributed by atoms with Gasteiger partial charge in [0.2, 0.25) is 5.91 Å². The van der Waals surface area contributed by atoms with Crippen LogP contribution >= 0.6 is 23.1 Å². The fourth-order valence-corrected chi connectivity index (χ4v) is 4.46. The van der Waals surface area contributed by atoms with Gasteiger partial charge in [0.1, 0.15) is 4.70 Å². The van der Waals surface area contributed by atoms with Gasteiger partial charge in [-0.15, -0.1) is 11.3 Å². The molecular formula is C20H23N3O2S2. The number of benzene rings is 1. The molecule has 1 amide bonds. The molecule has 0 fully saturated rings. The molecule has 0 aliphatic heterocycles. The molecule has 3 rings (SSSR count). The Labute approximate surface area is 166 Å². The first kappa shape index (κ1) is 19.6. The molecule has 0 radical (unpaired) electrons. The van der Waals surface area contributed by atoms with Crippen molar-refractivity contribution in [3.8, 4) is 0 Å². The van der Waals surface area contributed by atoms with E-state index in [-0.39, 0.29) is 17.2 Å². The van der Waals surface area contributed by atoms with Crippen LogP contribution in [0.25, 0.3) is 10.2 Å². The number of amides is 1. The van der Waals surface area contributed by atoms with Gasteiger partial charge in [-0.2, -0.15) is 0 Å². The SMILES string of the molecule is Cc1cccc(C)c1NC(=O)CSc1nc2ccsc2c(=O)n1CC(C)C. The number of para-hydroxylation sites is 1. The zero-order valence-electron chi connectivity index (χ0n) is 15.9. The average molecular weight is 402 g/mol. The van der Waals surface area contributed by atoms with Crippen LogP contribution < -0.4 is 10.9 Å². The lowest BCUT2D eigenvalue weighted by Crippen LogP contribution is -2.25. The Balaban J connectivity index is 1.81. The summed E-state index contributed by atoms with van der Waals surface area (Å²) in [4.78, 5) is 29.9. The van der Waals surface area contributed by atoms with Gasteiger partial charge in [0.25, 0.3) is 5.56 Å². The van der Waals surface area contributed by atoms with Crippen LogP contribution in [-0.2, 0) is 11.3 Å². The lowest BCUT2D eigenvalue weighted by molar-refractivity contribution is -0.113. The number of aromatic nitrogens is 2. The Hall–Kier alpha value is -2.12. The number of thiophene rings is 1. The molecule has 0 aliphatic rings. The Kier molecular flexibility index (Phi) is 6.01. The van der Waals surface area contributed by atoms with Crippen molar-refractivity contribution in [1.82, 2.24) is 9.55 Å². The zero-order valence-corrected chi connectivity index (χ0v) is 17.5. The summed E-state index contributed by atoms with van der Waals surface area (Å²) in [5, 5.41) is 5.45. The third-order valence-electron chi connectivity index (χ3n) is 4.16. The van der Waals surface area contributed by atoms with Gasteiger partial charge < -0.3 is 5.32 Å². The summed E-state index contributed by atoms with van der Waals surface area (Å²) in [5.74, 6) is 0.409. The standard InChI is InChI=1S/C20H23N3O2S2/c1-12(2)10-23-19(25)18-15(8-9-26-18)21-20(23)27-11-16(24)22-17-13(3)6-5-7-14(17)4/h5-9,12H,10-11H2,1-4H3,(H,22,24). The van der Waals surface area contributed by atoms with Crippen LogP contribution in [-0.4, -0.2) is 21.2 Å². The van der Waals surface area contributed by atoms with E-state index in [1.807, 2.05) is 43.5 Å². The number of fused-ring (bicyclic) bond motifs is 1. The lowest BCUT2D eigenvalue weighted by Gasteiger charge is -2.14. The van der Waals surface area contributed by atoms with Crippen LogP contribution in [0.15, 0.2) is 39.6 Å². The first-order valence-electron chi connectivity index (χ1n) is 8.83. The summed E-state index contributed by atoms with van der Waals surface area (Å²) in [7, 11) is 0. The maximum Gasteiger partial charge on any atom is 0.272 e. The number of carbonyl (C=O) groups is 1. The number of rotatable bonds is 6. The van der Waals surface area contributed by atoms with Crippen molar-refractivity contribution >= 4 is 44.9 Å². The number of hydrogen-bond acceptors (Lipinski definition) is 5. The third-order valence-corrected chi connectivity index (χ3v) is 6.02. The first-order valence-corrected chi connectivity index (χ1v) is 10.7. The van der Waals surface area contributed by atoms with E-state index in [1.54, 1.807) is 4.57 Å². The molecule has 1 aromatic carbocycles. The predicted molar refractivity (Wildman–Crippen MR) is 114 cm³/mol. The molecule has 0 saturated carbocycles. The van der Waals surface area contributed by atoms with Gasteiger partial charge in [-0.05, 0) is 42.3 Å². The summed E-state index contributed by atoms with van der Waals surface area (Å²) in [5.41, 5.74) is 3.58.